The van der Waals surface area contributed by atoms with Crippen molar-refractivity contribution in [3.05, 3.63) is 72.9 Å². The van der Waals surface area contributed by atoms with E-state index in [1.165, 1.54) is 4.57 Å². The minimum atomic E-state index is -0.599. The first-order valence-corrected chi connectivity index (χ1v) is 9.80. The highest BCUT2D eigenvalue weighted by Gasteiger charge is 2.23. The van der Waals surface area contributed by atoms with Gasteiger partial charge in [-0.25, -0.2) is 14.2 Å². The first-order valence-electron chi connectivity index (χ1n) is 9.42. The molecule has 0 saturated heterocycles. The van der Waals surface area contributed by atoms with E-state index in [0.717, 1.165) is 4.57 Å². The summed E-state index contributed by atoms with van der Waals surface area (Å²) in [5, 5.41) is 9.49. The van der Waals surface area contributed by atoms with Gasteiger partial charge in [0, 0.05) is 6.54 Å². The number of esters is 1. The van der Waals surface area contributed by atoms with Crippen LogP contribution in [0.5, 0.6) is 0 Å². The number of nitriles is 1. The van der Waals surface area contributed by atoms with Crippen LogP contribution in [0.4, 0.5) is 0 Å². The van der Waals surface area contributed by atoms with E-state index >= 15 is 0 Å². The average Bonchev–Trinajstić information content (AvgIpc) is 2.69. The van der Waals surface area contributed by atoms with Gasteiger partial charge in [0.15, 0.2) is 0 Å². The van der Waals surface area contributed by atoms with Gasteiger partial charge in [0.25, 0.3) is 5.56 Å². The molecule has 8 heteroatoms. The lowest BCUT2D eigenvalue weighted by atomic mass is 9.98. The second kappa shape index (κ2) is 8.56. The third kappa shape index (κ3) is 3.51. The van der Waals surface area contributed by atoms with Crippen molar-refractivity contribution in [2.24, 2.45) is 0 Å². The Hall–Kier alpha value is -3.37. The smallest absolute Gasteiger partial charge is 0.338 e. The Morgan fingerprint density at radius 1 is 1.23 bits per heavy atom. The molecule has 154 valence electrons. The Kier molecular flexibility index (Phi) is 6.09. The molecule has 0 fully saturated rings. The van der Waals surface area contributed by atoms with Crippen LogP contribution in [-0.2, 0) is 11.3 Å². The number of benzene rings is 2. The van der Waals surface area contributed by atoms with Gasteiger partial charge in [0.2, 0.25) is 0 Å². The van der Waals surface area contributed by atoms with Crippen molar-refractivity contribution in [1.29, 1.82) is 5.26 Å². The molecule has 1 aromatic heterocycles. The van der Waals surface area contributed by atoms with E-state index in [2.05, 4.69) is 0 Å². The van der Waals surface area contributed by atoms with Crippen LogP contribution in [0.2, 0.25) is 5.02 Å². The molecule has 0 atom stereocenters. The minimum absolute atomic E-state index is 0.0768. The summed E-state index contributed by atoms with van der Waals surface area (Å²) in [7, 11) is 0. The molecule has 2 aromatic carbocycles. The fraction of sp³-hybridized carbons (Fsp3) is 0.273. The molecule has 3 rings (SSSR count). The molecule has 0 radical (unpaired) electrons. The van der Waals surface area contributed by atoms with Crippen LogP contribution in [0, 0.1) is 25.2 Å². The number of carbonyl (C=O) groups excluding carboxylic acids is 1. The van der Waals surface area contributed by atoms with Crippen molar-refractivity contribution in [3.63, 3.8) is 0 Å². The predicted octanol–water partition coefficient (Wildman–Crippen LogP) is 3.51. The standard InChI is InChI=1S/C22H20ClN3O4/c1-4-30-21(28)18-13(2)12-17-19(14(18)3)20(27)26(16-9-6-5-8-15(16)23)22(29)25(17)11-7-10-24/h5-6,8-9,12H,4,7,11H2,1-3H3. The number of nitrogens with zero attached hydrogens (tertiary/aromatic N) is 3. The van der Waals surface area contributed by atoms with Crippen LogP contribution in [0.15, 0.2) is 39.9 Å². The molecule has 0 saturated carbocycles. The summed E-state index contributed by atoms with van der Waals surface area (Å²) in [6.45, 7) is 5.36. The Balaban J connectivity index is 2.52. The topological polar surface area (TPSA) is 94.1 Å². The SMILES string of the molecule is CCOC(=O)c1c(C)cc2c(c1C)c(=O)n(-c1ccccc1Cl)c(=O)n2CCC#N. The van der Waals surface area contributed by atoms with Crippen LogP contribution in [0.1, 0.15) is 34.8 Å². The Morgan fingerprint density at radius 3 is 2.57 bits per heavy atom. The molecule has 0 bridgehead atoms. The zero-order valence-electron chi connectivity index (χ0n) is 16.9. The van der Waals surface area contributed by atoms with Gasteiger partial charge in [0.1, 0.15) is 0 Å². The van der Waals surface area contributed by atoms with Crippen LogP contribution < -0.4 is 11.2 Å². The van der Waals surface area contributed by atoms with Crippen molar-refractivity contribution >= 4 is 28.5 Å². The van der Waals surface area contributed by atoms with E-state index in [9.17, 15) is 14.4 Å². The van der Waals surface area contributed by atoms with Crippen LogP contribution >= 0.6 is 11.6 Å². The Morgan fingerprint density at radius 2 is 1.93 bits per heavy atom. The number of aromatic nitrogens is 2. The molecule has 0 aliphatic rings. The summed E-state index contributed by atoms with van der Waals surface area (Å²) in [5.41, 5.74) is 0.708. The number of rotatable bonds is 5. The highest BCUT2D eigenvalue weighted by Crippen LogP contribution is 2.25. The molecule has 0 spiro atoms. The van der Waals surface area contributed by atoms with Gasteiger partial charge in [-0.15, -0.1) is 0 Å². The van der Waals surface area contributed by atoms with E-state index in [1.54, 1.807) is 51.1 Å². The third-order valence-corrected chi connectivity index (χ3v) is 5.22. The van der Waals surface area contributed by atoms with Crippen molar-refractivity contribution in [2.45, 2.75) is 33.7 Å². The number of aryl methyl sites for hydroxylation is 3. The molecule has 1 heterocycles. The summed E-state index contributed by atoms with van der Waals surface area (Å²) in [4.78, 5) is 39.2. The van der Waals surface area contributed by atoms with Crippen LogP contribution in [0.25, 0.3) is 16.6 Å². The average molecular weight is 426 g/mol. The normalized spacial score (nSPS) is 10.8. The molecule has 0 N–H and O–H groups in total. The largest absolute Gasteiger partial charge is 0.462 e. The Labute approximate surface area is 177 Å². The van der Waals surface area contributed by atoms with Crippen molar-refractivity contribution in [3.8, 4) is 11.8 Å². The lowest BCUT2D eigenvalue weighted by Crippen LogP contribution is -2.39. The monoisotopic (exact) mass is 425 g/mol. The third-order valence-electron chi connectivity index (χ3n) is 4.90. The number of fused-ring (bicyclic) bond motifs is 1. The van der Waals surface area contributed by atoms with E-state index in [1.807, 2.05) is 6.07 Å². The van der Waals surface area contributed by atoms with E-state index < -0.39 is 17.2 Å². The van der Waals surface area contributed by atoms with Crippen LogP contribution in [0.3, 0.4) is 0 Å². The van der Waals surface area contributed by atoms with Gasteiger partial charge < -0.3 is 4.74 Å². The number of para-hydroxylation sites is 1. The van der Waals surface area contributed by atoms with E-state index in [-0.39, 0.29) is 41.2 Å². The molecule has 0 aliphatic carbocycles. The lowest BCUT2D eigenvalue weighted by molar-refractivity contribution is 0.0525. The fourth-order valence-corrected chi connectivity index (χ4v) is 3.83. The second-order valence-electron chi connectivity index (χ2n) is 6.74. The Bertz CT molecular complexity index is 1320. The van der Waals surface area contributed by atoms with Crippen molar-refractivity contribution < 1.29 is 9.53 Å². The summed E-state index contributed by atoms with van der Waals surface area (Å²) >= 11 is 6.26. The van der Waals surface area contributed by atoms with Gasteiger partial charge in [-0.3, -0.25) is 9.36 Å². The summed E-state index contributed by atoms with van der Waals surface area (Å²) in [6.07, 6.45) is 0.0768. The number of halogens is 1. The second-order valence-corrected chi connectivity index (χ2v) is 7.15. The molecule has 30 heavy (non-hydrogen) atoms. The summed E-state index contributed by atoms with van der Waals surface area (Å²) in [5.74, 6) is -0.534. The van der Waals surface area contributed by atoms with Crippen LogP contribution in [-0.4, -0.2) is 21.7 Å². The summed E-state index contributed by atoms with van der Waals surface area (Å²) in [6, 6.07) is 10.2. The maximum atomic E-state index is 13.5. The molecule has 3 aromatic rings. The molecule has 0 unspecified atom stereocenters. The molecule has 7 nitrogen and oxygen atoms in total. The van der Waals surface area contributed by atoms with E-state index in [4.69, 9.17) is 21.6 Å². The van der Waals surface area contributed by atoms with Gasteiger partial charge in [-0.05, 0) is 50.1 Å². The highest BCUT2D eigenvalue weighted by molar-refractivity contribution is 6.32. The quantitative estimate of drug-likeness (QED) is 0.583. The first-order chi connectivity index (χ1) is 14.3. The predicted molar refractivity (Wildman–Crippen MR) is 114 cm³/mol. The number of hydrogen-bond acceptors (Lipinski definition) is 5. The maximum Gasteiger partial charge on any atom is 0.338 e. The van der Waals surface area contributed by atoms with Gasteiger partial charge in [0.05, 0.1) is 46.3 Å². The number of hydrogen-bond donors (Lipinski definition) is 0. The highest BCUT2D eigenvalue weighted by atomic mass is 35.5. The van der Waals surface area contributed by atoms with Gasteiger partial charge in [-0.1, -0.05) is 23.7 Å². The molecular formula is C22H20ClN3O4. The van der Waals surface area contributed by atoms with Gasteiger partial charge >= 0.3 is 11.7 Å². The first kappa shape index (κ1) is 21.3. The fourth-order valence-electron chi connectivity index (χ4n) is 3.61. The lowest BCUT2D eigenvalue weighted by Gasteiger charge is -2.18. The number of ether oxygens (including phenoxy) is 1. The van der Waals surface area contributed by atoms with Crippen molar-refractivity contribution in [2.75, 3.05) is 6.61 Å². The maximum absolute atomic E-state index is 13.5. The van der Waals surface area contributed by atoms with Gasteiger partial charge in [-0.2, -0.15) is 5.26 Å². The van der Waals surface area contributed by atoms with Crippen molar-refractivity contribution in [1.82, 2.24) is 9.13 Å². The van der Waals surface area contributed by atoms with E-state index in [0.29, 0.717) is 16.6 Å². The number of carbonyl (C=O) groups is 1. The summed E-state index contributed by atoms with van der Waals surface area (Å²) < 4.78 is 7.51. The zero-order chi connectivity index (χ0) is 22.0. The minimum Gasteiger partial charge on any atom is -0.462 e. The molecular weight excluding hydrogens is 406 g/mol. The molecule has 0 aliphatic heterocycles. The zero-order valence-corrected chi connectivity index (χ0v) is 17.6. The molecule has 0 amide bonds.